The Labute approximate surface area is 289 Å². The van der Waals surface area contributed by atoms with Crippen LogP contribution in [-0.4, -0.2) is 149 Å². The van der Waals surface area contributed by atoms with Crippen molar-refractivity contribution < 1.29 is 63.5 Å². The Hall–Kier alpha value is -1.82. The van der Waals surface area contributed by atoms with Gasteiger partial charge in [0.2, 0.25) is 0 Å². The van der Waals surface area contributed by atoms with Crippen LogP contribution in [0.5, 0.6) is 0 Å². The van der Waals surface area contributed by atoms with Gasteiger partial charge in [-0.2, -0.15) is 0 Å². The number of likely N-dealkylation sites (N-methyl/N-ethyl adjacent to an activating group) is 1. The average molecular weight is 702 g/mol. The lowest BCUT2D eigenvalue weighted by Crippen LogP contribution is -2.65. The monoisotopic (exact) mass is 701 g/mol. The molecule has 3 aliphatic rings. The lowest BCUT2D eigenvalue weighted by Gasteiger charge is -2.50. The molecule has 282 valence electrons. The minimum absolute atomic E-state index is 0.0164. The van der Waals surface area contributed by atoms with E-state index < -0.39 is 104 Å². The van der Waals surface area contributed by atoms with Gasteiger partial charge in [-0.3, -0.25) is 4.79 Å². The van der Waals surface area contributed by atoms with Crippen molar-refractivity contribution >= 4 is 12.3 Å². The second kappa shape index (κ2) is 18.6. The maximum atomic E-state index is 12.8. The van der Waals surface area contributed by atoms with E-state index in [2.05, 4.69) is 0 Å². The molecular weight excluding hydrogens is 642 g/mol. The zero-order chi connectivity index (χ0) is 36.6. The predicted octanol–water partition coefficient (Wildman–Crippen LogP) is 0.846. The van der Waals surface area contributed by atoms with Crippen molar-refractivity contribution in [3.63, 3.8) is 0 Å². The van der Waals surface area contributed by atoms with E-state index in [9.17, 15) is 35.1 Å². The number of hydrogen-bond acceptors (Lipinski definition) is 14. The van der Waals surface area contributed by atoms with Gasteiger partial charge < -0.3 is 63.6 Å². The molecule has 5 N–H and O–H groups in total. The van der Waals surface area contributed by atoms with Gasteiger partial charge >= 0.3 is 5.97 Å². The van der Waals surface area contributed by atoms with Gasteiger partial charge in [-0.25, -0.2) is 0 Å². The molecule has 0 aromatic heterocycles. The second-order valence-electron chi connectivity index (χ2n) is 14.3. The summed E-state index contributed by atoms with van der Waals surface area (Å²) in [7, 11) is 4.86. The summed E-state index contributed by atoms with van der Waals surface area (Å²) >= 11 is 0. The van der Waals surface area contributed by atoms with Crippen molar-refractivity contribution in [3.8, 4) is 0 Å². The molecule has 3 aliphatic heterocycles. The smallest absolute Gasteiger partial charge is 0.308 e. The number of allylic oxidation sites excluding steroid dienone is 2. The van der Waals surface area contributed by atoms with Gasteiger partial charge in [0.1, 0.15) is 36.8 Å². The highest BCUT2D eigenvalue weighted by Crippen LogP contribution is 2.36. The van der Waals surface area contributed by atoms with Crippen molar-refractivity contribution in [2.24, 2.45) is 11.8 Å². The number of ether oxygens (including phenoxy) is 6. The van der Waals surface area contributed by atoms with E-state index in [4.69, 9.17) is 28.4 Å². The molecule has 0 saturated carbocycles. The molecule has 3 heterocycles. The predicted molar refractivity (Wildman–Crippen MR) is 177 cm³/mol. The standard InChI is InChI=1S/C35H59NO13/c1-19-16-23(14-15-37)31(32(44-8)25(39)17-26(40)45-20(2)12-10-9-11-13-24(19)38)49-34-29(41)28(36(6)7)30(21(3)47-34)48-27-18-35(5,43)33(42)22(4)46-27/h9-11,13,15,19-25,27-34,38-39,41-43H,12,14,16-18H2,1-8H3. The second-order valence-corrected chi connectivity index (χ2v) is 14.3. The van der Waals surface area contributed by atoms with E-state index in [-0.39, 0.29) is 25.2 Å². The maximum absolute atomic E-state index is 12.8. The minimum Gasteiger partial charge on any atom is -0.462 e. The van der Waals surface area contributed by atoms with Crippen LogP contribution in [0.4, 0.5) is 0 Å². The van der Waals surface area contributed by atoms with Crippen LogP contribution in [0, 0.1) is 11.8 Å². The number of hydrogen-bond donors (Lipinski definition) is 5. The van der Waals surface area contributed by atoms with Crippen molar-refractivity contribution in [1.29, 1.82) is 0 Å². The number of esters is 1. The van der Waals surface area contributed by atoms with E-state index in [1.165, 1.54) is 14.0 Å². The van der Waals surface area contributed by atoms with Crippen LogP contribution in [0.2, 0.25) is 0 Å². The number of cyclic esters (lactones) is 1. The summed E-state index contributed by atoms with van der Waals surface area (Å²) in [6.07, 6.45) is -4.00. The van der Waals surface area contributed by atoms with Crippen molar-refractivity contribution in [2.45, 2.75) is 152 Å². The average Bonchev–Trinajstić information content (AvgIpc) is 3.00. The molecule has 0 aromatic rings. The third kappa shape index (κ3) is 11.1. The number of aliphatic hydroxyl groups excluding tert-OH is 4. The molecule has 49 heavy (non-hydrogen) atoms. The molecule has 0 aromatic carbocycles. The van der Waals surface area contributed by atoms with Gasteiger partial charge in [0, 0.05) is 26.4 Å². The molecule has 16 unspecified atom stereocenters. The zero-order valence-electron chi connectivity index (χ0n) is 30.0. The first kappa shape index (κ1) is 41.6. The lowest BCUT2D eigenvalue weighted by atomic mass is 9.82. The number of rotatable bonds is 8. The molecule has 14 nitrogen and oxygen atoms in total. The Balaban J connectivity index is 1.94. The summed E-state index contributed by atoms with van der Waals surface area (Å²) < 4.78 is 36.1. The van der Waals surface area contributed by atoms with E-state index in [1.54, 1.807) is 58.0 Å². The first-order valence-corrected chi connectivity index (χ1v) is 17.2. The van der Waals surface area contributed by atoms with E-state index >= 15 is 0 Å². The topological polar surface area (TPSA) is 194 Å². The maximum Gasteiger partial charge on any atom is 0.308 e. The van der Waals surface area contributed by atoms with Crippen LogP contribution in [0.1, 0.15) is 66.7 Å². The molecule has 0 spiro atoms. The lowest BCUT2D eigenvalue weighted by molar-refractivity contribution is -0.344. The number of methoxy groups -OCH3 is 1. The van der Waals surface area contributed by atoms with Gasteiger partial charge in [-0.05, 0) is 60.0 Å². The SMILES string of the molecule is COC1C(O)CC(=O)OC(C)CC=CC=CC(O)C(C)CC(CC=O)C1OC1OC(C)C(OC2CC(C)(O)C(O)C(C)O2)C(N(C)C)C1O. The number of carbonyl (C=O) groups excluding carboxylic acids is 2. The largest absolute Gasteiger partial charge is 0.462 e. The zero-order valence-corrected chi connectivity index (χ0v) is 30.0. The summed E-state index contributed by atoms with van der Waals surface area (Å²) in [6.45, 7) is 8.44. The van der Waals surface area contributed by atoms with Crippen molar-refractivity contribution in [2.75, 3.05) is 21.2 Å². The first-order chi connectivity index (χ1) is 23.0. The van der Waals surface area contributed by atoms with Crippen molar-refractivity contribution in [3.05, 3.63) is 24.3 Å². The van der Waals surface area contributed by atoms with Gasteiger partial charge in [0.05, 0.1) is 48.6 Å². The van der Waals surface area contributed by atoms with Crippen LogP contribution in [0.3, 0.4) is 0 Å². The fourth-order valence-electron chi connectivity index (χ4n) is 7.04. The van der Waals surface area contributed by atoms with Gasteiger partial charge in [0.15, 0.2) is 12.6 Å². The van der Waals surface area contributed by atoms with E-state index in [1.807, 2.05) is 13.0 Å². The number of carbonyl (C=O) groups is 2. The summed E-state index contributed by atoms with van der Waals surface area (Å²) in [5.41, 5.74) is -1.46. The molecule has 0 aliphatic carbocycles. The van der Waals surface area contributed by atoms with Gasteiger partial charge in [-0.15, -0.1) is 0 Å². The fraction of sp³-hybridized carbons (Fsp3) is 0.829. The number of aliphatic hydroxyl groups is 5. The molecule has 3 rings (SSSR count). The highest BCUT2D eigenvalue weighted by Gasteiger charge is 2.51. The Kier molecular flexibility index (Phi) is 15.8. The normalized spacial score (nSPS) is 44.9. The summed E-state index contributed by atoms with van der Waals surface area (Å²) in [6, 6.07) is -0.721. The van der Waals surface area contributed by atoms with Gasteiger partial charge in [0.25, 0.3) is 0 Å². The Morgan fingerprint density at radius 1 is 1.00 bits per heavy atom. The Bertz CT molecular complexity index is 1100. The molecule has 2 fully saturated rings. The van der Waals surface area contributed by atoms with Crippen LogP contribution in [0.25, 0.3) is 0 Å². The third-order valence-corrected chi connectivity index (χ3v) is 9.83. The summed E-state index contributed by atoms with van der Waals surface area (Å²) in [5, 5.41) is 55.2. The highest BCUT2D eigenvalue weighted by atomic mass is 16.7. The highest BCUT2D eigenvalue weighted by molar-refractivity contribution is 5.70. The van der Waals surface area contributed by atoms with Crippen LogP contribution >= 0.6 is 0 Å². The van der Waals surface area contributed by atoms with Crippen LogP contribution in [0.15, 0.2) is 24.3 Å². The fourth-order valence-corrected chi connectivity index (χ4v) is 7.04. The summed E-state index contributed by atoms with van der Waals surface area (Å²) in [4.78, 5) is 26.6. The Morgan fingerprint density at radius 3 is 2.31 bits per heavy atom. The van der Waals surface area contributed by atoms with E-state index in [0.717, 1.165) is 6.29 Å². The molecule has 2 saturated heterocycles. The minimum atomic E-state index is -1.46. The van der Waals surface area contributed by atoms with E-state index in [0.29, 0.717) is 6.42 Å². The third-order valence-electron chi connectivity index (χ3n) is 9.83. The first-order valence-electron chi connectivity index (χ1n) is 17.2. The number of nitrogens with zero attached hydrogens (tertiary/aromatic N) is 1. The molecule has 0 bridgehead atoms. The molecule has 16 atom stereocenters. The quantitative estimate of drug-likeness (QED) is 0.177. The molecule has 0 radical (unpaired) electrons. The molecule has 0 amide bonds. The van der Waals surface area contributed by atoms with Gasteiger partial charge in [-0.1, -0.05) is 31.2 Å². The number of aldehydes is 1. The Morgan fingerprint density at radius 2 is 1.69 bits per heavy atom. The summed E-state index contributed by atoms with van der Waals surface area (Å²) in [5.74, 6) is -1.64. The molecular formula is C35H59NO13. The van der Waals surface area contributed by atoms with Crippen LogP contribution < -0.4 is 0 Å². The van der Waals surface area contributed by atoms with Crippen LogP contribution in [-0.2, 0) is 38.0 Å². The van der Waals surface area contributed by atoms with Crippen molar-refractivity contribution in [1.82, 2.24) is 4.90 Å². The molecule has 14 heteroatoms.